The third kappa shape index (κ3) is 3.59. The van der Waals surface area contributed by atoms with Crippen LogP contribution in [0.15, 0.2) is 53.9 Å². The predicted octanol–water partition coefficient (Wildman–Crippen LogP) is 4.76. The molecule has 0 atom stereocenters. The molecule has 0 radical (unpaired) electrons. The number of fused-ring (bicyclic) bond motifs is 1. The van der Waals surface area contributed by atoms with E-state index in [0.29, 0.717) is 17.3 Å². The molecule has 0 aliphatic heterocycles. The number of nitrogens with zero attached hydrogens (tertiary/aromatic N) is 3. The number of aromatic nitrogens is 3. The normalized spacial score (nSPS) is 11.0. The first-order valence-corrected chi connectivity index (χ1v) is 9.85. The van der Waals surface area contributed by atoms with Crippen LogP contribution in [0.2, 0.25) is 5.02 Å². The van der Waals surface area contributed by atoms with Crippen LogP contribution in [0.1, 0.15) is 23.2 Å². The summed E-state index contributed by atoms with van der Waals surface area (Å²) in [5.74, 6) is 0.626. The summed E-state index contributed by atoms with van der Waals surface area (Å²) in [6.07, 6.45) is 0. The molecule has 5 nitrogen and oxygen atoms in total. The number of hydrogen-bond donors (Lipinski definition) is 1. The first kappa shape index (κ1) is 17.7. The largest absolute Gasteiger partial charge is 0.343 e. The van der Waals surface area contributed by atoms with Gasteiger partial charge in [-0.15, -0.1) is 11.3 Å². The molecule has 0 unspecified atom stereocenters. The van der Waals surface area contributed by atoms with Crippen molar-refractivity contribution in [3.63, 3.8) is 0 Å². The topological polar surface area (TPSA) is 59.8 Å². The SMILES string of the molecule is CCn1c(CNC(=O)c2csc(-c3ccc(Cl)cc3)n2)nc2ccccc21. The summed E-state index contributed by atoms with van der Waals surface area (Å²) in [6, 6.07) is 15.4. The Hall–Kier alpha value is -2.70. The molecule has 0 aliphatic rings. The molecular weight excluding hydrogens is 380 g/mol. The highest BCUT2D eigenvalue weighted by Crippen LogP contribution is 2.25. The quantitative estimate of drug-likeness (QED) is 0.529. The number of para-hydroxylation sites is 2. The minimum atomic E-state index is -0.207. The highest BCUT2D eigenvalue weighted by atomic mass is 35.5. The van der Waals surface area contributed by atoms with Gasteiger partial charge in [-0.3, -0.25) is 4.79 Å². The van der Waals surface area contributed by atoms with Crippen molar-refractivity contribution in [2.45, 2.75) is 20.0 Å². The molecule has 136 valence electrons. The Balaban J connectivity index is 1.49. The van der Waals surface area contributed by atoms with Crippen LogP contribution < -0.4 is 5.32 Å². The Morgan fingerprint density at radius 1 is 1.15 bits per heavy atom. The fourth-order valence-electron chi connectivity index (χ4n) is 2.97. The molecule has 0 fully saturated rings. The second-order valence-electron chi connectivity index (χ2n) is 5.99. The Morgan fingerprint density at radius 2 is 1.93 bits per heavy atom. The molecule has 27 heavy (non-hydrogen) atoms. The van der Waals surface area contributed by atoms with Crippen molar-refractivity contribution >= 4 is 39.9 Å². The van der Waals surface area contributed by atoms with Crippen molar-refractivity contribution in [2.24, 2.45) is 0 Å². The summed E-state index contributed by atoms with van der Waals surface area (Å²) in [5, 5.41) is 6.15. The summed E-state index contributed by atoms with van der Waals surface area (Å²) >= 11 is 7.35. The minimum absolute atomic E-state index is 0.207. The van der Waals surface area contributed by atoms with E-state index in [1.165, 1.54) is 11.3 Å². The number of imidazole rings is 1. The van der Waals surface area contributed by atoms with E-state index in [9.17, 15) is 4.79 Å². The second-order valence-corrected chi connectivity index (χ2v) is 7.28. The average Bonchev–Trinajstić information content (AvgIpc) is 3.31. The summed E-state index contributed by atoms with van der Waals surface area (Å²) < 4.78 is 2.11. The molecule has 4 aromatic rings. The van der Waals surface area contributed by atoms with E-state index in [2.05, 4.69) is 26.8 Å². The zero-order chi connectivity index (χ0) is 18.8. The molecule has 0 saturated heterocycles. The van der Waals surface area contributed by atoms with Gasteiger partial charge < -0.3 is 9.88 Å². The zero-order valence-electron chi connectivity index (χ0n) is 14.6. The van der Waals surface area contributed by atoms with E-state index in [1.807, 2.05) is 48.5 Å². The maximum atomic E-state index is 12.5. The lowest BCUT2D eigenvalue weighted by Gasteiger charge is -2.06. The van der Waals surface area contributed by atoms with Gasteiger partial charge in [-0.05, 0) is 31.2 Å². The predicted molar refractivity (Wildman–Crippen MR) is 109 cm³/mol. The fourth-order valence-corrected chi connectivity index (χ4v) is 3.90. The van der Waals surface area contributed by atoms with Crippen LogP contribution in [0.5, 0.6) is 0 Å². The van der Waals surface area contributed by atoms with Gasteiger partial charge >= 0.3 is 0 Å². The van der Waals surface area contributed by atoms with Crippen molar-refractivity contribution in [2.75, 3.05) is 0 Å². The third-order valence-corrected chi connectivity index (χ3v) is 5.43. The van der Waals surface area contributed by atoms with Gasteiger partial charge in [0.1, 0.15) is 16.5 Å². The van der Waals surface area contributed by atoms with Crippen LogP contribution in [0.25, 0.3) is 21.6 Å². The summed E-state index contributed by atoms with van der Waals surface area (Å²) in [5.41, 5.74) is 3.35. The molecule has 0 spiro atoms. The first-order chi connectivity index (χ1) is 13.2. The number of nitrogens with one attached hydrogen (secondary N) is 1. The Labute approximate surface area is 165 Å². The van der Waals surface area contributed by atoms with E-state index < -0.39 is 0 Å². The van der Waals surface area contributed by atoms with E-state index in [0.717, 1.165) is 34.0 Å². The molecule has 7 heteroatoms. The average molecular weight is 397 g/mol. The van der Waals surface area contributed by atoms with Crippen LogP contribution in [-0.2, 0) is 13.1 Å². The van der Waals surface area contributed by atoms with Gasteiger partial charge in [0, 0.05) is 22.5 Å². The Kier molecular flexibility index (Phi) is 4.92. The molecule has 2 heterocycles. The first-order valence-electron chi connectivity index (χ1n) is 8.59. The lowest BCUT2D eigenvalue weighted by molar-refractivity contribution is 0.0945. The molecule has 1 N–H and O–H groups in total. The number of carbonyl (C=O) groups is 1. The van der Waals surface area contributed by atoms with Crippen LogP contribution in [-0.4, -0.2) is 20.4 Å². The van der Waals surface area contributed by atoms with Crippen LogP contribution >= 0.6 is 22.9 Å². The third-order valence-electron chi connectivity index (χ3n) is 4.28. The molecular formula is C20H17ClN4OS. The van der Waals surface area contributed by atoms with Crippen LogP contribution in [0.4, 0.5) is 0 Å². The lowest BCUT2D eigenvalue weighted by atomic mass is 10.2. The maximum absolute atomic E-state index is 12.5. The molecule has 1 amide bonds. The van der Waals surface area contributed by atoms with Crippen molar-refractivity contribution < 1.29 is 4.79 Å². The fraction of sp³-hybridized carbons (Fsp3) is 0.150. The zero-order valence-corrected chi connectivity index (χ0v) is 16.2. The summed E-state index contributed by atoms with van der Waals surface area (Å²) in [6.45, 7) is 3.22. The number of hydrogen-bond acceptors (Lipinski definition) is 4. The smallest absolute Gasteiger partial charge is 0.271 e. The molecule has 4 rings (SSSR count). The maximum Gasteiger partial charge on any atom is 0.271 e. The molecule has 0 saturated carbocycles. The minimum Gasteiger partial charge on any atom is -0.343 e. The molecule has 0 aliphatic carbocycles. The van der Waals surface area contributed by atoms with Gasteiger partial charge in [0.15, 0.2) is 0 Å². The van der Waals surface area contributed by atoms with Gasteiger partial charge in [-0.2, -0.15) is 0 Å². The number of amides is 1. The monoisotopic (exact) mass is 396 g/mol. The van der Waals surface area contributed by atoms with Crippen LogP contribution in [0, 0.1) is 0 Å². The Morgan fingerprint density at radius 3 is 2.70 bits per heavy atom. The van der Waals surface area contributed by atoms with Crippen molar-refractivity contribution in [1.29, 1.82) is 0 Å². The van der Waals surface area contributed by atoms with Gasteiger partial charge in [0.25, 0.3) is 5.91 Å². The number of carbonyl (C=O) groups excluding carboxylic acids is 1. The number of thiazole rings is 1. The van der Waals surface area contributed by atoms with Crippen molar-refractivity contribution in [1.82, 2.24) is 19.9 Å². The molecule has 2 aromatic heterocycles. The van der Waals surface area contributed by atoms with Gasteiger partial charge in [0.05, 0.1) is 17.6 Å². The summed E-state index contributed by atoms with van der Waals surface area (Å²) in [4.78, 5) is 21.6. The highest BCUT2D eigenvalue weighted by molar-refractivity contribution is 7.13. The van der Waals surface area contributed by atoms with E-state index >= 15 is 0 Å². The number of benzene rings is 2. The molecule has 2 aromatic carbocycles. The van der Waals surface area contributed by atoms with Crippen molar-refractivity contribution in [3.05, 3.63) is 70.5 Å². The second kappa shape index (κ2) is 7.50. The molecule has 0 bridgehead atoms. The Bertz CT molecular complexity index is 1100. The van der Waals surface area contributed by atoms with E-state index in [4.69, 9.17) is 11.6 Å². The van der Waals surface area contributed by atoms with Gasteiger partial charge in [-0.25, -0.2) is 9.97 Å². The van der Waals surface area contributed by atoms with Crippen LogP contribution in [0.3, 0.4) is 0 Å². The van der Waals surface area contributed by atoms with Gasteiger partial charge in [-0.1, -0.05) is 35.9 Å². The lowest BCUT2D eigenvalue weighted by Crippen LogP contribution is -2.25. The van der Waals surface area contributed by atoms with E-state index in [1.54, 1.807) is 5.38 Å². The highest BCUT2D eigenvalue weighted by Gasteiger charge is 2.14. The van der Waals surface area contributed by atoms with Crippen molar-refractivity contribution in [3.8, 4) is 10.6 Å². The van der Waals surface area contributed by atoms with Gasteiger partial charge in [0.2, 0.25) is 0 Å². The van der Waals surface area contributed by atoms with E-state index in [-0.39, 0.29) is 5.91 Å². The standard InChI is InChI=1S/C20H17ClN4OS/c1-2-25-17-6-4-3-5-15(17)23-18(25)11-22-19(26)16-12-27-20(24-16)13-7-9-14(21)10-8-13/h3-10,12H,2,11H2,1H3,(H,22,26). The number of halogens is 1. The number of rotatable bonds is 5. The number of aryl methyl sites for hydroxylation is 1. The summed E-state index contributed by atoms with van der Waals surface area (Å²) in [7, 11) is 0.